The topological polar surface area (TPSA) is 39.2 Å². The van der Waals surface area contributed by atoms with E-state index >= 15 is 0 Å². The van der Waals surface area contributed by atoms with Crippen molar-refractivity contribution >= 4 is 33.9 Å². The van der Waals surface area contributed by atoms with Crippen molar-refractivity contribution in [1.82, 2.24) is 4.98 Å². The molecule has 0 saturated carbocycles. The van der Waals surface area contributed by atoms with Gasteiger partial charge < -0.3 is 4.74 Å². The van der Waals surface area contributed by atoms with Gasteiger partial charge in [0.05, 0.1) is 18.1 Å². The van der Waals surface area contributed by atoms with E-state index in [4.69, 9.17) is 0 Å². The molecule has 0 N–H and O–H groups in total. The lowest BCUT2D eigenvalue weighted by atomic mass is 10.1. The van der Waals surface area contributed by atoms with Crippen molar-refractivity contribution in [2.75, 3.05) is 7.11 Å². The molecule has 3 aromatic rings. The van der Waals surface area contributed by atoms with E-state index in [0.29, 0.717) is 0 Å². The van der Waals surface area contributed by atoms with Gasteiger partial charge in [-0.15, -0.1) is 0 Å². The Kier molecular flexibility index (Phi) is 3.17. The van der Waals surface area contributed by atoms with Crippen LogP contribution in [0.5, 0.6) is 0 Å². The first-order valence-corrected chi connectivity index (χ1v) is 6.32. The lowest BCUT2D eigenvalue weighted by molar-refractivity contribution is -0.134. The van der Waals surface area contributed by atoms with Crippen LogP contribution in [0.15, 0.2) is 54.6 Å². The first-order valence-electron chi connectivity index (χ1n) is 6.32. The van der Waals surface area contributed by atoms with Crippen LogP contribution >= 0.6 is 0 Å². The third-order valence-electron chi connectivity index (χ3n) is 3.18. The summed E-state index contributed by atoms with van der Waals surface area (Å²) in [5.41, 5.74) is 2.73. The summed E-state index contributed by atoms with van der Waals surface area (Å²) in [7, 11) is 1.36. The molecule has 98 valence electrons. The summed E-state index contributed by atoms with van der Waals surface area (Å²) < 4.78 is 4.61. The molecule has 0 aliphatic heterocycles. The zero-order valence-electron chi connectivity index (χ0n) is 11.0. The molecule has 0 aliphatic carbocycles. The molecule has 3 nitrogen and oxygen atoms in total. The molecular formula is C17H13NO2. The highest BCUT2D eigenvalue weighted by Crippen LogP contribution is 2.23. The van der Waals surface area contributed by atoms with Crippen LogP contribution in [0.25, 0.3) is 27.9 Å². The summed E-state index contributed by atoms with van der Waals surface area (Å²) in [6.45, 7) is 0. The van der Waals surface area contributed by atoms with Crippen molar-refractivity contribution in [1.29, 1.82) is 0 Å². The number of para-hydroxylation sites is 2. The van der Waals surface area contributed by atoms with E-state index in [1.165, 1.54) is 13.2 Å². The number of benzene rings is 2. The number of carbonyl (C=O) groups excluding carboxylic acids is 1. The smallest absolute Gasteiger partial charge is 0.330 e. The summed E-state index contributed by atoms with van der Waals surface area (Å²) in [6.07, 6.45) is 3.14. The number of rotatable bonds is 2. The van der Waals surface area contributed by atoms with Gasteiger partial charge in [-0.25, -0.2) is 9.78 Å². The number of hydrogen-bond donors (Lipinski definition) is 0. The molecule has 20 heavy (non-hydrogen) atoms. The lowest BCUT2D eigenvalue weighted by Crippen LogP contribution is -1.93. The Morgan fingerprint density at radius 3 is 2.75 bits per heavy atom. The van der Waals surface area contributed by atoms with Gasteiger partial charge >= 0.3 is 5.97 Å². The quantitative estimate of drug-likeness (QED) is 0.403. The van der Waals surface area contributed by atoms with E-state index in [1.54, 1.807) is 6.08 Å². The van der Waals surface area contributed by atoms with Gasteiger partial charge in [-0.05, 0) is 18.2 Å². The Morgan fingerprint density at radius 2 is 1.90 bits per heavy atom. The lowest BCUT2D eigenvalue weighted by Gasteiger charge is -2.04. The molecule has 0 radical (unpaired) electrons. The monoisotopic (exact) mass is 263 g/mol. The molecule has 1 heterocycles. The van der Waals surface area contributed by atoms with Crippen molar-refractivity contribution in [3.8, 4) is 0 Å². The molecule has 3 rings (SSSR count). The van der Waals surface area contributed by atoms with Crippen LogP contribution in [0.2, 0.25) is 0 Å². The van der Waals surface area contributed by atoms with E-state index in [-0.39, 0.29) is 5.97 Å². The molecule has 0 spiro atoms. The average Bonchev–Trinajstić information content (AvgIpc) is 2.50. The maximum absolute atomic E-state index is 11.2. The van der Waals surface area contributed by atoms with E-state index in [1.807, 2.05) is 42.5 Å². The van der Waals surface area contributed by atoms with Crippen molar-refractivity contribution in [2.24, 2.45) is 0 Å². The highest BCUT2D eigenvalue weighted by molar-refractivity contribution is 5.98. The molecule has 0 fully saturated rings. The zero-order chi connectivity index (χ0) is 13.9. The largest absolute Gasteiger partial charge is 0.466 e. The third kappa shape index (κ3) is 2.26. The fraction of sp³-hybridized carbons (Fsp3) is 0.0588. The molecule has 0 unspecified atom stereocenters. The van der Waals surface area contributed by atoms with Crippen molar-refractivity contribution < 1.29 is 9.53 Å². The predicted octanol–water partition coefficient (Wildman–Crippen LogP) is 3.57. The third-order valence-corrected chi connectivity index (χ3v) is 3.18. The molecular weight excluding hydrogens is 250 g/mol. The van der Waals surface area contributed by atoms with Crippen LogP contribution < -0.4 is 0 Å². The first-order chi connectivity index (χ1) is 9.78. The number of nitrogens with zero attached hydrogens (tertiary/aromatic N) is 1. The predicted molar refractivity (Wildman–Crippen MR) is 80.3 cm³/mol. The average molecular weight is 263 g/mol. The van der Waals surface area contributed by atoms with E-state index in [2.05, 4.69) is 15.8 Å². The maximum Gasteiger partial charge on any atom is 0.330 e. The van der Waals surface area contributed by atoms with E-state index in [0.717, 1.165) is 27.4 Å². The number of aromatic nitrogens is 1. The second-order valence-electron chi connectivity index (χ2n) is 4.46. The molecule has 0 saturated heterocycles. The van der Waals surface area contributed by atoms with Crippen LogP contribution in [-0.2, 0) is 9.53 Å². The standard InChI is InChI=1S/C17H13NO2/c1-20-16(19)10-9-12-6-4-7-14-11-13-5-2-3-8-15(13)18-17(12)14/h2-11H,1H3/b10-9+. The van der Waals surface area contributed by atoms with Crippen LogP contribution in [-0.4, -0.2) is 18.1 Å². The van der Waals surface area contributed by atoms with Crippen LogP contribution in [0, 0.1) is 0 Å². The number of methoxy groups -OCH3 is 1. The van der Waals surface area contributed by atoms with Gasteiger partial charge in [-0.2, -0.15) is 0 Å². The van der Waals surface area contributed by atoms with Crippen LogP contribution in [0.3, 0.4) is 0 Å². The van der Waals surface area contributed by atoms with E-state index < -0.39 is 0 Å². The highest BCUT2D eigenvalue weighted by atomic mass is 16.5. The number of ether oxygens (including phenoxy) is 1. The van der Waals surface area contributed by atoms with Crippen molar-refractivity contribution in [3.05, 3.63) is 60.2 Å². The minimum absolute atomic E-state index is 0.372. The van der Waals surface area contributed by atoms with Crippen LogP contribution in [0.4, 0.5) is 0 Å². The number of carbonyl (C=O) groups is 1. The Hall–Kier alpha value is -2.68. The molecule has 0 bridgehead atoms. The Bertz CT molecular complexity index is 821. The first kappa shape index (κ1) is 12.4. The maximum atomic E-state index is 11.2. The van der Waals surface area contributed by atoms with Crippen molar-refractivity contribution in [3.63, 3.8) is 0 Å². The van der Waals surface area contributed by atoms with Crippen LogP contribution in [0.1, 0.15) is 5.56 Å². The Labute approximate surface area is 116 Å². The summed E-state index contributed by atoms with van der Waals surface area (Å²) in [4.78, 5) is 15.9. The summed E-state index contributed by atoms with van der Waals surface area (Å²) in [5, 5.41) is 2.16. The van der Waals surface area contributed by atoms with E-state index in [9.17, 15) is 4.79 Å². The fourth-order valence-corrected chi connectivity index (χ4v) is 2.19. The second kappa shape index (κ2) is 5.13. The summed E-state index contributed by atoms with van der Waals surface area (Å²) >= 11 is 0. The molecule has 0 atom stereocenters. The minimum Gasteiger partial charge on any atom is -0.466 e. The number of esters is 1. The minimum atomic E-state index is -0.372. The Balaban J connectivity index is 2.20. The van der Waals surface area contributed by atoms with Gasteiger partial charge in [0.1, 0.15) is 0 Å². The normalized spacial score (nSPS) is 11.2. The number of pyridine rings is 1. The van der Waals surface area contributed by atoms with Gasteiger partial charge in [-0.1, -0.05) is 36.4 Å². The molecule has 2 aromatic carbocycles. The number of fused-ring (bicyclic) bond motifs is 2. The SMILES string of the molecule is COC(=O)/C=C/c1cccc2cc3ccccc3nc12. The summed E-state index contributed by atoms with van der Waals surface area (Å²) in [5.74, 6) is -0.372. The highest BCUT2D eigenvalue weighted by Gasteiger charge is 2.03. The fourth-order valence-electron chi connectivity index (χ4n) is 2.19. The number of hydrogen-bond acceptors (Lipinski definition) is 3. The van der Waals surface area contributed by atoms with Gasteiger partial charge in [0.15, 0.2) is 0 Å². The summed E-state index contributed by atoms with van der Waals surface area (Å²) in [6, 6.07) is 16.0. The molecule has 1 aromatic heterocycles. The van der Waals surface area contributed by atoms with Crippen molar-refractivity contribution in [2.45, 2.75) is 0 Å². The van der Waals surface area contributed by atoms with Gasteiger partial charge in [0, 0.05) is 22.4 Å². The van der Waals surface area contributed by atoms with Gasteiger partial charge in [0.25, 0.3) is 0 Å². The zero-order valence-corrected chi connectivity index (χ0v) is 11.0. The Morgan fingerprint density at radius 1 is 1.10 bits per heavy atom. The second-order valence-corrected chi connectivity index (χ2v) is 4.46. The molecule has 0 amide bonds. The van der Waals surface area contributed by atoms with Gasteiger partial charge in [0.2, 0.25) is 0 Å². The molecule has 0 aliphatic rings. The molecule has 3 heteroatoms. The van der Waals surface area contributed by atoms with Gasteiger partial charge in [-0.3, -0.25) is 0 Å².